The standard InChI is InChI=1S/C16H17ClFN3O3S/c1-25(19,9-13-14(17)6-3-7-15(13)18)10-20-16(22)11-4-2-5-12(8-11)21(23)24/h2-8H,9-10,19H2,1H3,(H,20,22). The third kappa shape index (κ3) is 5.15. The van der Waals surface area contributed by atoms with Crippen LogP contribution in [0.15, 0.2) is 42.5 Å². The molecular formula is C16H17ClFN3O3S. The van der Waals surface area contributed by atoms with Gasteiger partial charge in [0.15, 0.2) is 0 Å². The number of nitrogens with one attached hydrogen (secondary N) is 1. The zero-order chi connectivity index (χ0) is 18.6. The number of rotatable bonds is 6. The van der Waals surface area contributed by atoms with Crippen molar-refractivity contribution in [2.24, 2.45) is 5.14 Å². The zero-order valence-corrected chi connectivity index (χ0v) is 14.9. The zero-order valence-electron chi connectivity index (χ0n) is 13.4. The molecule has 1 amide bonds. The summed E-state index contributed by atoms with van der Waals surface area (Å²) >= 11 is 6.01. The van der Waals surface area contributed by atoms with Crippen LogP contribution < -0.4 is 10.5 Å². The maximum atomic E-state index is 13.9. The van der Waals surface area contributed by atoms with E-state index < -0.39 is 26.9 Å². The Hall–Kier alpha value is -2.16. The third-order valence-corrected chi connectivity index (χ3v) is 5.52. The fourth-order valence-corrected chi connectivity index (χ4v) is 3.97. The van der Waals surface area contributed by atoms with Gasteiger partial charge in [0, 0.05) is 34.0 Å². The van der Waals surface area contributed by atoms with Crippen molar-refractivity contribution in [3.63, 3.8) is 0 Å². The van der Waals surface area contributed by atoms with Crippen LogP contribution >= 0.6 is 21.8 Å². The Labute approximate surface area is 150 Å². The van der Waals surface area contributed by atoms with Gasteiger partial charge in [0.25, 0.3) is 11.6 Å². The van der Waals surface area contributed by atoms with E-state index in [0.29, 0.717) is 5.56 Å². The lowest BCUT2D eigenvalue weighted by Crippen LogP contribution is -2.31. The SMILES string of the molecule is CS(N)(CNC(=O)c1cccc([N+](=O)[O-])c1)Cc1c(F)cccc1Cl. The first kappa shape index (κ1) is 19.2. The third-order valence-electron chi connectivity index (χ3n) is 3.42. The van der Waals surface area contributed by atoms with Crippen molar-refractivity contribution in [2.75, 3.05) is 12.1 Å². The van der Waals surface area contributed by atoms with Crippen molar-refractivity contribution in [3.05, 3.63) is 74.5 Å². The number of nitrogens with two attached hydrogens (primary N) is 1. The highest BCUT2D eigenvalue weighted by atomic mass is 35.5. The molecule has 0 bridgehead atoms. The maximum absolute atomic E-state index is 13.9. The molecule has 134 valence electrons. The van der Waals surface area contributed by atoms with Gasteiger partial charge in [-0.15, -0.1) is 0 Å². The number of carbonyl (C=O) groups excluding carboxylic acids is 1. The molecule has 0 fully saturated rings. The number of non-ortho nitro benzene ring substituents is 1. The molecule has 2 rings (SSSR count). The Bertz CT molecular complexity index is 797. The lowest BCUT2D eigenvalue weighted by atomic mass is 10.2. The van der Waals surface area contributed by atoms with Crippen LogP contribution in [-0.4, -0.2) is 23.0 Å². The molecule has 0 aliphatic heterocycles. The van der Waals surface area contributed by atoms with Gasteiger partial charge in [-0.1, -0.05) is 23.7 Å². The van der Waals surface area contributed by atoms with Gasteiger partial charge in [-0.25, -0.2) is 4.39 Å². The lowest BCUT2D eigenvalue weighted by molar-refractivity contribution is -0.384. The first-order valence-electron chi connectivity index (χ1n) is 7.16. The molecule has 9 heteroatoms. The molecule has 0 heterocycles. The molecule has 6 nitrogen and oxygen atoms in total. The fourth-order valence-electron chi connectivity index (χ4n) is 2.14. The summed E-state index contributed by atoms with van der Waals surface area (Å²) in [4.78, 5) is 22.4. The molecule has 0 spiro atoms. The molecule has 0 aromatic heterocycles. The van der Waals surface area contributed by atoms with E-state index in [-0.39, 0.29) is 27.9 Å². The molecule has 2 aromatic rings. The molecule has 0 saturated heterocycles. The van der Waals surface area contributed by atoms with Crippen molar-refractivity contribution < 1.29 is 14.1 Å². The molecule has 0 aliphatic carbocycles. The minimum absolute atomic E-state index is 0.124. The minimum atomic E-state index is -1.90. The Morgan fingerprint density at radius 2 is 2.04 bits per heavy atom. The normalized spacial score (nSPS) is 14.4. The summed E-state index contributed by atoms with van der Waals surface area (Å²) < 4.78 is 13.9. The van der Waals surface area contributed by atoms with Gasteiger partial charge < -0.3 is 5.32 Å². The predicted molar refractivity (Wildman–Crippen MR) is 98.2 cm³/mol. The first-order valence-corrected chi connectivity index (χ1v) is 9.99. The van der Waals surface area contributed by atoms with Crippen LogP contribution in [0.5, 0.6) is 0 Å². The van der Waals surface area contributed by atoms with Crippen molar-refractivity contribution in [2.45, 2.75) is 5.75 Å². The molecule has 1 atom stereocenters. The van der Waals surface area contributed by atoms with Crippen LogP contribution in [0, 0.1) is 15.9 Å². The predicted octanol–water partition coefficient (Wildman–Crippen LogP) is 3.58. The summed E-state index contributed by atoms with van der Waals surface area (Å²) in [6.45, 7) is 0. The van der Waals surface area contributed by atoms with Gasteiger partial charge in [-0.2, -0.15) is 10.2 Å². The van der Waals surface area contributed by atoms with Crippen molar-refractivity contribution in [3.8, 4) is 0 Å². The lowest BCUT2D eigenvalue weighted by Gasteiger charge is -2.31. The molecule has 1 unspecified atom stereocenters. The second kappa shape index (κ2) is 7.81. The summed E-state index contributed by atoms with van der Waals surface area (Å²) in [6.07, 6.45) is 1.74. The molecule has 0 radical (unpaired) electrons. The highest BCUT2D eigenvalue weighted by Crippen LogP contribution is 2.40. The van der Waals surface area contributed by atoms with Crippen LogP contribution in [-0.2, 0) is 5.75 Å². The summed E-state index contributed by atoms with van der Waals surface area (Å²) in [5.74, 6) is -0.596. The number of amides is 1. The van der Waals surface area contributed by atoms with Crippen molar-refractivity contribution >= 4 is 33.4 Å². The number of nitro groups is 1. The van der Waals surface area contributed by atoms with E-state index in [2.05, 4.69) is 5.32 Å². The highest BCUT2D eigenvalue weighted by molar-refractivity contribution is 8.30. The Morgan fingerprint density at radius 3 is 2.68 bits per heavy atom. The number of hydrogen-bond donors (Lipinski definition) is 2. The van der Waals surface area contributed by atoms with Gasteiger partial charge in [-0.05, 0) is 24.5 Å². The van der Waals surface area contributed by atoms with E-state index in [1.54, 1.807) is 12.3 Å². The van der Waals surface area contributed by atoms with E-state index in [4.69, 9.17) is 16.7 Å². The average Bonchev–Trinajstić information content (AvgIpc) is 2.56. The van der Waals surface area contributed by atoms with E-state index in [0.717, 1.165) is 0 Å². The van der Waals surface area contributed by atoms with Crippen LogP contribution in [0.1, 0.15) is 15.9 Å². The van der Waals surface area contributed by atoms with Gasteiger partial charge in [0.2, 0.25) is 0 Å². The van der Waals surface area contributed by atoms with E-state index in [9.17, 15) is 19.3 Å². The topological polar surface area (TPSA) is 98.3 Å². The van der Waals surface area contributed by atoms with Gasteiger partial charge in [0.05, 0.1) is 10.8 Å². The van der Waals surface area contributed by atoms with E-state index in [1.165, 1.54) is 36.4 Å². The fraction of sp³-hybridized carbons (Fsp3) is 0.188. The molecule has 0 saturated carbocycles. The summed E-state index contributed by atoms with van der Waals surface area (Å²) in [7, 11) is -1.90. The molecule has 2 aromatic carbocycles. The van der Waals surface area contributed by atoms with Crippen LogP contribution in [0.4, 0.5) is 10.1 Å². The van der Waals surface area contributed by atoms with E-state index >= 15 is 0 Å². The van der Waals surface area contributed by atoms with Crippen molar-refractivity contribution in [1.29, 1.82) is 0 Å². The molecular weight excluding hydrogens is 369 g/mol. The van der Waals surface area contributed by atoms with E-state index in [1.807, 2.05) is 0 Å². The number of hydrogen-bond acceptors (Lipinski definition) is 4. The van der Waals surface area contributed by atoms with Gasteiger partial charge >= 0.3 is 0 Å². The number of benzene rings is 2. The first-order chi connectivity index (χ1) is 11.7. The Morgan fingerprint density at radius 1 is 1.36 bits per heavy atom. The molecule has 3 N–H and O–H groups in total. The largest absolute Gasteiger partial charge is 0.343 e. The Kier molecular flexibility index (Phi) is 5.99. The van der Waals surface area contributed by atoms with Gasteiger partial charge in [0.1, 0.15) is 5.82 Å². The number of nitrogens with zero attached hydrogens (tertiary/aromatic N) is 1. The van der Waals surface area contributed by atoms with Gasteiger partial charge in [-0.3, -0.25) is 20.0 Å². The van der Waals surface area contributed by atoms with Crippen LogP contribution in [0.2, 0.25) is 5.02 Å². The maximum Gasteiger partial charge on any atom is 0.270 e. The van der Waals surface area contributed by atoms with Crippen LogP contribution in [0.3, 0.4) is 0 Å². The smallest absolute Gasteiger partial charge is 0.270 e. The number of halogens is 2. The highest BCUT2D eigenvalue weighted by Gasteiger charge is 2.20. The van der Waals surface area contributed by atoms with Crippen LogP contribution in [0.25, 0.3) is 0 Å². The number of nitro benzene ring substituents is 1. The average molecular weight is 386 g/mol. The summed E-state index contributed by atoms with van der Waals surface area (Å²) in [5, 5.41) is 19.9. The summed E-state index contributed by atoms with van der Waals surface area (Å²) in [5.41, 5.74) is 0.302. The van der Waals surface area contributed by atoms with Crippen molar-refractivity contribution in [1.82, 2.24) is 5.32 Å². The second-order valence-electron chi connectivity index (χ2n) is 5.65. The Balaban J connectivity index is 2.05. The quantitative estimate of drug-likeness (QED) is 0.586. The monoisotopic (exact) mass is 385 g/mol. The minimum Gasteiger partial charge on any atom is -0.343 e. The number of carbonyl (C=O) groups is 1. The summed E-state index contributed by atoms with van der Waals surface area (Å²) in [6, 6.07) is 9.78. The second-order valence-corrected chi connectivity index (χ2v) is 9.34. The molecule has 25 heavy (non-hydrogen) atoms. The molecule has 0 aliphatic rings.